The molecule has 118 valence electrons. The van der Waals surface area contributed by atoms with Crippen molar-refractivity contribution in [2.24, 2.45) is 0 Å². The number of aryl methyl sites for hydroxylation is 2. The standard InChI is InChI=1S/C17H23N3OS/c1-14-10-18-19(11-14)12-16-4-2-3-8-20(16)17(21)6-5-15-7-9-22-13-15/h7,9-11,13,16H,2-6,8,12H2,1H3/t16-/m0/s1. The van der Waals surface area contributed by atoms with Crippen molar-refractivity contribution in [3.63, 3.8) is 0 Å². The van der Waals surface area contributed by atoms with Crippen LogP contribution in [-0.2, 0) is 17.8 Å². The minimum Gasteiger partial charge on any atom is -0.338 e. The van der Waals surface area contributed by atoms with Gasteiger partial charge in [-0.2, -0.15) is 16.4 Å². The SMILES string of the molecule is Cc1cnn(C[C@@H]2CCCCN2C(=O)CCc2ccsc2)c1. The van der Waals surface area contributed by atoms with Crippen LogP contribution >= 0.6 is 11.3 Å². The number of carbonyl (C=O) groups is 1. The fourth-order valence-electron chi connectivity index (χ4n) is 3.13. The lowest BCUT2D eigenvalue weighted by atomic mass is 10.0. The van der Waals surface area contributed by atoms with Crippen molar-refractivity contribution in [3.8, 4) is 0 Å². The Balaban J connectivity index is 1.60. The third kappa shape index (κ3) is 3.77. The van der Waals surface area contributed by atoms with E-state index in [0.29, 0.717) is 18.4 Å². The fourth-order valence-corrected chi connectivity index (χ4v) is 3.83. The Hall–Kier alpha value is -1.62. The predicted molar refractivity (Wildman–Crippen MR) is 89.0 cm³/mol. The fraction of sp³-hybridized carbons (Fsp3) is 0.529. The number of amides is 1. The summed E-state index contributed by atoms with van der Waals surface area (Å²) >= 11 is 1.69. The zero-order valence-corrected chi connectivity index (χ0v) is 13.9. The highest BCUT2D eigenvalue weighted by atomic mass is 32.1. The van der Waals surface area contributed by atoms with Gasteiger partial charge in [-0.1, -0.05) is 0 Å². The first kappa shape index (κ1) is 15.3. The van der Waals surface area contributed by atoms with Gasteiger partial charge in [-0.3, -0.25) is 9.48 Å². The number of hydrogen-bond acceptors (Lipinski definition) is 3. The topological polar surface area (TPSA) is 38.1 Å². The molecule has 1 saturated heterocycles. The van der Waals surface area contributed by atoms with Crippen LogP contribution in [-0.4, -0.2) is 33.2 Å². The highest BCUT2D eigenvalue weighted by molar-refractivity contribution is 7.07. The lowest BCUT2D eigenvalue weighted by molar-refractivity contribution is -0.135. The number of thiophene rings is 1. The molecule has 4 nitrogen and oxygen atoms in total. The second kappa shape index (κ2) is 7.09. The van der Waals surface area contributed by atoms with Gasteiger partial charge in [-0.25, -0.2) is 0 Å². The van der Waals surface area contributed by atoms with Crippen LogP contribution in [0.3, 0.4) is 0 Å². The van der Waals surface area contributed by atoms with Crippen LogP contribution in [0, 0.1) is 6.92 Å². The van der Waals surface area contributed by atoms with Crippen LogP contribution in [0.2, 0.25) is 0 Å². The van der Waals surface area contributed by atoms with Gasteiger partial charge in [0.15, 0.2) is 0 Å². The zero-order valence-electron chi connectivity index (χ0n) is 13.1. The minimum absolute atomic E-state index is 0.291. The van der Waals surface area contributed by atoms with Crippen LogP contribution in [0.5, 0.6) is 0 Å². The molecular formula is C17H23N3OS. The molecule has 1 atom stereocenters. The van der Waals surface area contributed by atoms with E-state index in [1.807, 2.05) is 17.8 Å². The van der Waals surface area contributed by atoms with Crippen LogP contribution in [0.4, 0.5) is 0 Å². The van der Waals surface area contributed by atoms with Gasteiger partial charge in [0.25, 0.3) is 0 Å². The number of piperidine rings is 1. The molecule has 0 aliphatic carbocycles. The highest BCUT2D eigenvalue weighted by Gasteiger charge is 2.26. The quantitative estimate of drug-likeness (QED) is 0.849. The molecule has 2 aromatic heterocycles. The largest absolute Gasteiger partial charge is 0.338 e. The molecule has 1 fully saturated rings. The summed E-state index contributed by atoms with van der Waals surface area (Å²) in [4.78, 5) is 14.7. The first-order valence-corrected chi connectivity index (χ1v) is 8.96. The average Bonchev–Trinajstić information content (AvgIpc) is 3.17. The summed E-state index contributed by atoms with van der Waals surface area (Å²) in [5, 5.41) is 8.58. The number of carbonyl (C=O) groups excluding carboxylic acids is 1. The predicted octanol–water partition coefficient (Wildman–Crippen LogP) is 3.27. The van der Waals surface area contributed by atoms with Crippen LogP contribution < -0.4 is 0 Å². The van der Waals surface area contributed by atoms with Gasteiger partial charge >= 0.3 is 0 Å². The molecule has 3 rings (SSSR count). The van der Waals surface area contributed by atoms with E-state index in [1.54, 1.807) is 11.3 Å². The van der Waals surface area contributed by atoms with E-state index in [9.17, 15) is 4.79 Å². The molecule has 0 N–H and O–H groups in total. The van der Waals surface area contributed by atoms with Crippen molar-refractivity contribution in [3.05, 3.63) is 40.3 Å². The van der Waals surface area contributed by atoms with Crippen LogP contribution in [0.25, 0.3) is 0 Å². The molecule has 0 bridgehead atoms. The maximum Gasteiger partial charge on any atom is 0.223 e. The Morgan fingerprint density at radius 2 is 2.36 bits per heavy atom. The molecular weight excluding hydrogens is 294 g/mol. The van der Waals surface area contributed by atoms with Crippen LogP contribution in [0.15, 0.2) is 29.2 Å². The smallest absolute Gasteiger partial charge is 0.223 e. The van der Waals surface area contributed by atoms with Crippen molar-refractivity contribution in [2.75, 3.05) is 6.54 Å². The number of rotatable bonds is 5. The summed E-state index contributed by atoms with van der Waals surface area (Å²) in [5.41, 5.74) is 2.45. The van der Waals surface area contributed by atoms with Crippen molar-refractivity contribution < 1.29 is 4.79 Å². The van der Waals surface area contributed by atoms with Gasteiger partial charge in [0.2, 0.25) is 5.91 Å². The Morgan fingerprint density at radius 3 is 3.09 bits per heavy atom. The number of hydrogen-bond donors (Lipinski definition) is 0. The molecule has 0 spiro atoms. The summed E-state index contributed by atoms with van der Waals surface area (Å²) in [7, 11) is 0. The maximum atomic E-state index is 12.6. The van der Waals surface area contributed by atoms with E-state index in [-0.39, 0.29) is 0 Å². The van der Waals surface area contributed by atoms with Crippen molar-refractivity contribution in [2.45, 2.75) is 51.6 Å². The normalized spacial score (nSPS) is 18.6. The van der Waals surface area contributed by atoms with Crippen molar-refractivity contribution >= 4 is 17.2 Å². The molecule has 22 heavy (non-hydrogen) atoms. The number of likely N-dealkylation sites (tertiary alicyclic amines) is 1. The van der Waals surface area contributed by atoms with E-state index in [4.69, 9.17) is 0 Å². The summed E-state index contributed by atoms with van der Waals surface area (Å²) in [6.07, 6.45) is 8.83. The molecule has 0 saturated carbocycles. The van der Waals surface area contributed by atoms with E-state index >= 15 is 0 Å². The van der Waals surface area contributed by atoms with Gasteiger partial charge in [0, 0.05) is 19.2 Å². The lowest BCUT2D eigenvalue weighted by Crippen LogP contribution is -2.46. The number of nitrogens with zero attached hydrogens (tertiary/aromatic N) is 3. The molecule has 5 heteroatoms. The van der Waals surface area contributed by atoms with Gasteiger partial charge < -0.3 is 4.90 Å². The highest BCUT2D eigenvalue weighted by Crippen LogP contribution is 2.20. The van der Waals surface area contributed by atoms with Gasteiger partial charge in [-0.05, 0) is 60.6 Å². The first-order valence-electron chi connectivity index (χ1n) is 8.02. The second-order valence-corrected chi connectivity index (χ2v) is 6.89. The van der Waals surface area contributed by atoms with E-state index < -0.39 is 0 Å². The van der Waals surface area contributed by atoms with E-state index in [0.717, 1.165) is 32.4 Å². The molecule has 2 aromatic rings. The first-order chi connectivity index (χ1) is 10.7. The summed E-state index contributed by atoms with van der Waals surface area (Å²) in [6.45, 7) is 3.76. The summed E-state index contributed by atoms with van der Waals surface area (Å²) < 4.78 is 1.98. The zero-order chi connectivity index (χ0) is 15.4. The second-order valence-electron chi connectivity index (χ2n) is 6.11. The Kier molecular flexibility index (Phi) is 4.93. The van der Waals surface area contributed by atoms with Crippen molar-refractivity contribution in [1.29, 1.82) is 0 Å². The minimum atomic E-state index is 0.291. The van der Waals surface area contributed by atoms with Crippen molar-refractivity contribution in [1.82, 2.24) is 14.7 Å². The van der Waals surface area contributed by atoms with E-state index in [2.05, 4.69) is 33.0 Å². The molecule has 0 radical (unpaired) electrons. The van der Waals surface area contributed by atoms with Gasteiger partial charge in [0.05, 0.1) is 18.8 Å². The lowest BCUT2D eigenvalue weighted by Gasteiger charge is -2.36. The van der Waals surface area contributed by atoms with Gasteiger partial charge in [-0.15, -0.1) is 0 Å². The Labute approximate surface area is 135 Å². The Bertz CT molecular complexity index is 605. The molecule has 0 unspecified atom stereocenters. The molecule has 0 aromatic carbocycles. The number of aromatic nitrogens is 2. The monoisotopic (exact) mass is 317 g/mol. The summed E-state index contributed by atoms with van der Waals surface area (Å²) in [6, 6.07) is 2.40. The average molecular weight is 317 g/mol. The molecule has 1 aliphatic heterocycles. The maximum absolute atomic E-state index is 12.6. The third-order valence-corrected chi connectivity index (χ3v) is 5.05. The Morgan fingerprint density at radius 1 is 1.45 bits per heavy atom. The molecule has 3 heterocycles. The van der Waals surface area contributed by atoms with E-state index in [1.165, 1.54) is 17.5 Å². The van der Waals surface area contributed by atoms with Crippen LogP contribution in [0.1, 0.15) is 36.8 Å². The summed E-state index contributed by atoms with van der Waals surface area (Å²) in [5.74, 6) is 0.291. The molecule has 1 aliphatic rings. The van der Waals surface area contributed by atoms with Gasteiger partial charge in [0.1, 0.15) is 0 Å². The third-order valence-electron chi connectivity index (χ3n) is 4.32. The molecule has 1 amide bonds.